The predicted octanol–water partition coefficient (Wildman–Crippen LogP) is 0.601. The number of nitrogens with zero attached hydrogens (tertiary/aromatic N) is 1. The van der Waals surface area contributed by atoms with E-state index in [9.17, 15) is 0 Å². The van der Waals surface area contributed by atoms with E-state index in [1.54, 1.807) is 12.4 Å². The topological polar surface area (TPSA) is 31.4 Å². The van der Waals surface area contributed by atoms with E-state index in [1.165, 1.54) is 0 Å². The lowest BCUT2D eigenvalue weighted by molar-refractivity contribution is 0.187. The summed E-state index contributed by atoms with van der Waals surface area (Å²) in [4.78, 5) is 3.94. The van der Waals surface area contributed by atoms with Crippen LogP contribution in [0.1, 0.15) is 13.8 Å². The van der Waals surface area contributed by atoms with Crippen molar-refractivity contribution in [1.82, 2.24) is 4.98 Å². The zero-order valence-electron chi connectivity index (χ0n) is 7.81. The zero-order chi connectivity index (χ0) is 9.26. The predicted molar refractivity (Wildman–Crippen MR) is 50.7 cm³/mol. The van der Waals surface area contributed by atoms with Crippen LogP contribution in [0.15, 0.2) is 24.5 Å². The molecule has 1 aromatic rings. The van der Waals surface area contributed by atoms with Gasteiger partial charge in [0.05, 0.1) is 12.2 Å². The van der Waals surface area contributed by atoms with Crippen molar-refractivity contribution in [3.05, 3.63) is 24.5 Å². The third-order valence-corrected chi connectivity index (χ3v) is 2.32. The van der Waals surface area contributed by atoms with E-state index in [4.69, 9.17) is 9.31 Å². The molecule has 1 aliphatic rings. The maximum absolute atomic E-state index is 5.61. The van der Waals surface area contributed by atoms with Crippen molar-refractivity contribution in [1.29, 1.82) is 0 Å². The van der Waals surface area contributed by atoms with Crippen LogP contribution in [-0.2, 0) is 9.31 Å². The van der Waals surface area contributed by atoms with E-state index in [-0.39, 0.29) is 19.3 Å². The summed E-state index contributed by atoms with van der Waals surface area (Å²) in [5.74, 6) is 0. The van der Waals surface area contributed by atoms with Gasteiger partial charge in [-0.1, -0.05) is 0 Å². The van der Waals surface area contributed by atoms with E-state index < -0.39 is 0 Å². The molecule has 4 heteroatoms. The molecule has 0 bridgehead atoms. The van der Waals surface area contributed by atoms with E-state index >= 15 is 0 Å². The average molecular weight is 177 g/mol. The maximum atomic E-state index is 5.61. The number of pyridine rings is 1. The van der Waals surface area contributed by atoms with Gasteiger partial charge < -0.3 is 9.31 Å². The van der Waals surface area contributed by atoms with Crippen molar-refractivity contribution < 1.29 is 9.31 Å². The standard InChI is InChI=1S/C9H12BNO2/c1-7-8(2)13-10(12-7)9-3-5-11-6-4-9/h3-8H,1-2H3. The van der Waals surface area contributed by atoms with Gasteiger partial charge in [0.1, 0.15) is 0 Å². The lowest BCUT2D eigenvalue weighted by Gasteiger charge is -2.04. The van der Waals surface area contributed by atoms with E-state index in [0.29, 0.717) is 0 Å². The summed E-state index contributed by atoms with van der Waals surface area (Å²) in [7, 11) is -0.215. The molecule has 0 saturated carbocycles. The molecule has 68 valence electrons. The van der Waals surface area contributed by atoms with Gasteiger partial charge in [0.2, 0.25) is 0 Å². The Morgan fingerprint density at radius 1 is 1.15 bits per heavy atom. The summed E-state index contributed by atoms with van der Waals surface area (Å²) in [6.45, 7) is 4.04. The van der Waals surface area contributed by atoms with Crippen LogP contribution in [0.2, 0.25) is 0 Å². The van der Waals surface area contributed by atoms with Gasteiger partial charge in [-0.25, -0.2) is 0 Å². The normalized spacial score (nSPS) is 28.0. The van der Waals surface area contributed by atoms with E-state index in [1.807, 2.05) is 26.0 Å². The first kappa shape index (κ1) is 8.72. The van der Waals surface area contributed by atoms with Gasteiger partial charge in [-0.2, -0.15) is 0 Å². The minimum atomic E-state index is -0.215. The highest BCUT2D eigenvalue weighted by molar-refractivity contribution is 6.61. The van der Waals surface area contributed by atoms with Gasteiger partial charge in [-0.05, 0) is 31.4 Å². The van der Waals surface area contributed by atoms with Crippen LogP contribution in [0, 0.1) is 0 Å². The third kappa shape index (κ3) is 1.74. The summed E-state index contributed by atoms with van der Waals surface area (Å²) in [6.07, 6.45) is 3.82. The molecular weight excluding hydrogens is 165 g/mol. The molecule has 1 aromatic heterocycles. The molecule has 0 radical (unpaired) electrons. The number of hydrogen-bond donors (Lipinski definition) is 0. The van der Waals surface area contributed by atoms with Crippen molar-refractivity contribution in [2.75, 3.05) is 0 Å². The average Bonchev–Trinajstić information content (AvgIpc) is 2.49. The zero-order valence-corrected chi connectivity index (χ0v) is 7.81. The fourth-order valence-electron chi connectivity index (χ4n) is 1.32. The van der Waals surface area contributed by atoms with Crippen molar-refractivity contribution in [3.63, 3.8) is 0 Å². The van der Waals surface area contributed by atoms with Crippen molar-refractivity contribution in [2.45, 2.75) is 26.1 Å². The molecule has 0 N–H and O–H groups in total. The van der Waals surface area contributed by atoms with E-state index in [0.717, 1.165) is 5.46 Å². The Morgan fingerprint density at radius 3 is 2.23 bits per heavy atom. The van der Waals surface area contributed by atoms with Gasteiger partial charge in [0.15, 0.2) is 0 Å². The molecule has 2 unspecified atom stereocenters. The Kier molecular flexibility index (Phi) is 2.33. The molecule has 0 spiro atoms. The molecule has 0 amide bonds. The molecule has 3 nitrogen and oxygen atoms in total. The molecule has 0 aromatic carbocycles. The highest BCUT2D eigenvalue weighted by Crippen LogP contribution is 2.14. The largest absolute Gasteiger partial charge is 0.494 e. The lowest BCUT2D eigenvalue weighted by Crippen LogP contribution is -2.32. The first-order valence-corrected chi connectivity index (χ1v) is 4.48. The van der Waals surface area contributed by atoms with Crippen LogP contribution in [0.25, 0.3) is 0 Å². The first-order chi connectivity index (χ1) is 6.27. The van der Waals surface area contributed by atoms with Gasteiger partial charge >= 0.3 is 7.12 Å². The summed E-state index contributed by atoms with van der Waals surface area (Å²) < 4.78 is 11.2. The minimum Gasteiger partial charge on any atom is -0.402 e. The second-order valence-corrected chi connectivity index (χ2v) is 3.29. The highest BCUT2D eigenvalue weighted by atomic mass is 16.7. The Bertz CT molecular complexity index is 270. The fourth-order valence-corrected chi connectivity index (χ4v) is 1.32. The van der Waals surface area contributed by atoms with Crippen LogP contribution >= 0.6 is 0 Å². The lowest BCUT2D eigenvalue weighted by atomic mass is 9.80. The SMILES string of the molecule is CC1OB(c2ccncc2)OC1C. The Labute approximate surface area is 78.2 Å². The monoisotopic (exact) mass is 177 g/mol. The maximum Gasteiger partial charge on any atom is 0.494 e. The Balaban J connectivity index is 2.12. The van der Waals surface area contributed by atoms with Crippen LogP contribution in [-0.4, -0.2) is 24.3 Å². The summed E-state index contributed by atoms with van der Waals surface area (Å²) >= 11 is 0. The third-order valence-electron chi connectivity index (χ3n) is 2.32. The highest BCUT2D eigenvalue weighted by Gasteiger charge is 2.35. The van der Waals surface area contributed by atoms with Crippen molar-refractivity contribution in [2.24, 2.45) is 0 Å². The molecule has 13 heavy (non-hydrogen) atoms. The van der Waals surface area contributed by atoms with Crippen LogP contribution in [0.3, 0.4) is 0 Å². The second-order valence-electron chi connectivity index (χ2n) is 3.29. The van der Waals surface area contributed by atoms with Gasteiger partial charge in [0, 0.05) is 12.4 Å². The number of rotatable bonds is 1. The summed E-state index contributed by atoms with van der Waals surface area (Å²) in [5, 5.41) is 0. The van der Waals surface area contributed by atoms with Crippen LogP contribution in [0.4, 0.5) is 0 Å². The fraction of sp³-hybridized carbons (Fsp3) is 0.444. The summed E-state index contributed by atoms with van der Waals surface area (Å²) in [6, 6.07) is 3.82. The quantitative estimate of drug-likeness (QED) is 0.588. The second kappa shape index (κ2) is 3.48. The Morgan fingerprint density at radius 2 is 1.69 bits per heavy atom. The summed E-state index contributed by atoms with van der Waals surface area (Å²) in [5.41, 5.74) is 1.03. The van der Waals surface area contributed by atoms with Crippen LogP contribution in [0.5, 0.6) is 0 Å². The van der Waals surface area contributed by atoms with Gasteiger partial charge in [-0.3, -0.25) is 4.98 Å². The molecule has 1 fully saturated rings. The smallest absolute Gasteiger partial charge is 0.402 e. The molecule has 1 aliphatic heterocycles. The van der Waals surface area contributed by atoms with E-state index in [2.05, 4.69) is 4.98 Å². The number of aromatic nitrogens is 1. The van der Waals surface area contributed by atoms with Crippen molar-refractivity contribution >= 4 is 12.6 Å². The minimum absolute atomic E-state index is 0.165. The first-order valence-electron chi connectivity index (χ1n) is 4.48. The molecule has 2 atom stereocenters. The molecule has 2 heterocycles. The molecule has 0 aliphatic carbocycles. The molecule has 1 saturated heterocycles. The van der Waals surface area contributed by atoms with Crippen molar-refractivity contribution in [3.8, 4) is 0 Å². The molecular formula is C9H12BNO2. The van der Waals surface area contributed by atoms with Gasteiger partial charge in [-0.15, -0.1) is 0 Å². The number of hydrogen-bond acceptors (Lipinski definition) is 3. The Hall–Kier alpha value is -0.865. The van der Waals surface area contributed by atoms with Gasteiger partial charge in [0.25, 0.3) is 0 Å². The molecule has 2 rings (SSSR count). The van der Waals surface area contributed by atoms with Crippen LogP contribution < -0.4 is 5.46 Å².